The summed E-state index contributed by atoms with van der Waals surface area (Å²) in [7, 11) is -3.24. The molecule has 1 amide bonds. The lowest BCUT2D eigenvalue weighted by Crippen LogP contribution is -2.25. The molecule has 0 unspecified atom stereocenters. The summed E-state index contributed by atoms with van der Waals surface area (Å²) in [6, 6.07) is 12.6. The van der Waals surface area contributed by atoms with Crippen LogP contribution in [-0.2, 0) is 10.0 Å². The van der Waals surface area contributed by atoms with Gasteiger partial charge in [0.15, 0.2) is 0 Å². The molecule has 0 aliphatic carbocycles. The SMILES string of the molecule is Cc1nc2cc(F)ccc2cc1C(=O)Nc1ccc(N2CCCS2(=O)=O)cc1. The minimum Gasteiger partial charge on any atom is -0.322 e. The second kappa shape index (κ2) is 6.87. The number of halogens is 1. The normalized spacial score (nSPS) is 15.7. The first-order valence-corrected chi connectivity index (χ1v) is 10.4. The van der Waals surface area contributed by atoms with E-state index in [0.717, 1.165) is 0 Å². The molecule has 1 saturated heterocycles. The number of fused-ring (bicyclic) bond motifs is 1. The van der Waals surface area contributed by atoms with Gasteiger partial charge in [-0.3, -0.25) is 14.1 Å². The molecule has 1 aliphatic heterocycles. The highest BCUT2D eigenvalue weighted by molar-refractivity contribution is 7.93. The second-order valence-corrected chi connectivity index (χ2v) is 8.71. The number of hydrogen-bond donors (Lipinski definition) is 1. The van der Waals surface area contributed by atoms with E-state index >= 15 is 0 Å². The average molecular weight is 399 g/mol. The van der Waals surface area contributed by atoms with Crippen LogP contribution in [0.15, 0.2) is 48.5 Å². The molecule has 6 nitrogen and oxygen atoms in total. The number of anilines is 2. The standard InChI is InChI=1S/C20H18FN3O3S/c1-13-18(11-14-3-4-15(21)12-19(14)22-13)20(25)23-16-5-7-17(8-6-16)24-9-2-10-28(24,26)27/h3-8,11-12H,2,9-10H2,1H3,(H,23,25). The van der Waals surface area contributed by atoms with Gasteiger partial charge >= 0.3 is 0 Å². The fourth-order valence-electron chi connectivity index (χ4n) is 3.31. The quantitative estimate of drug-likeness (QED) is 0.731. The molecule has 1 aromatic heterocycles. The Hall–Kier alpha value is -3.00. The Labute approximate surface area is 162 Å². The van der Waals surface area contributed by atoms with Crippen LogP contribution in [0.4, 0.5) is 15.8 Å². The summed E-state index contributed by atoms with van der Waals surface area (Å²) < 4.78 is 38.7. The van der Waals surface area contributed by atoms with Crippen LogP contribution < -0.4 is 9.62 Å². The van der Waals surface area contributed by atoms with Crippen molar-refractivity contribution in [2.75, 3.05) is 21.9 Å². The number of nitrogens with one attached hydrogen (secondary N) is 1. The third-order valence-corrected chi connectivity index (χ3v) is 6.60. The molecule has 28 heavy (non-hydrogen) atoms. The highest BCUT2D eigenvalue weighted by atomic mass is 32.2. The van der Waals surface area contributed by atoms with Crippen molar-refractivity contribution in [3.05, 3.63) is 65.6 Å². The lowest BCUT2D eigenvalue weighted by atomic mass is 10.1. The van der Waals surface area contributed by atoms with Crippen LogP contribution in [0.5, 0.6) is 0 Å². The summed E-state index contributed by atoms with van der Waals surface area (Å²) in [6.45, 7) is 2.16. The number of amides is 1. The van der Waals surface area contributed by atoms with Gasteiger partial charge in [0.25, 0.3) is 5.91 Å². The van der Waals surface area contributed by atoms with Gasteiger partial charge in [-0.1, -0.05) is 0 Å². The van der Waals surface area contributed by atoms with Crippen molar-refractivity contribution in [1.29, 1.82) is 0 Å². The Morgan fingerprint density at radius 1 is 1.14 bits per heavy atom. The number of aromatic nitrogens is 1. The third kappa shape index (κ3) is 3.43. The van der Waals surface area contributed by atoms with Crippen LogP contribution >= 0.6 is 0 Å². The largest absolute Gasteiger partial charge is 0.322 e. The molecule has 2 aromatic carbocycles. The molecule has 1 fully saturated rings. The first-order valence-electron chi connectivity index (χ1n) is 8.82. The molecule has 0 radical (unpaired) electrons. The van der Waals surface area contributed by atoms with Crippen molar-refractivity contribution in [2.45, 2.75) is 13.3 Å². The monoisotopic (exact) mass is 399 g/mol. The van der Waals surface area contributed by atoms with E-state index in [0.29, 0.717) is 46.5 Å². The Kier molecular flexibility index (Phi) is 4.50. The zero-order valence-corrected chi connectivity index (χ0v) is 16.0. The van der Waals surface area contributed by atoms with E-state index in [1.807, 2.05) is 0 Å². The number of rotatable bonds is 3. The number of benzene rings is 2. The van der Waals surface area contributed by atoms with Gasteiger partial charge < -0.3 is 5.32 Å². The first kappa shape index (κ1) is 18.4. The van der Waals surface area contributed by atoms with E-state index < -0.39 is 10.0 Å². The minimum absolute atomic E-state index is 0.156. The summed E-state index contributed by atoms with van der Waals surface area (Å²) in [5.74, 6) is -0.557. The van der Waals surface area contributed by atoms with Crippen LogP contribution in [0, 0.1) is 12.7 Å². The smallest absolute Gasteiger partial charge is 0.257 e. The summed E-state index contributed by atoms with van der Waals surface area (Å²) in [6.07, 6.45) is 0.610. The molecule has 2 heterocycles. The van der Waals surface area contributed by atoms with Crippen molar-refractivity contribution in [2.24, 2.45) is 0 Å². The molecule has 0 bridgehead atoms. The molecule has 0 atom stereocenters. The van der Waals surface area contributed by atoms with E-state index in [-0.39, 0.29) is 17.5 Å². The van der Waals surface area contributed by atoms with Gasteiger partial charge in [0.1, 0.15) is 5.82 Å². The molecule has 4 rings (SSSR count). The number of carbonyl (C=O) groups is 1. The van der Waals surface area contributed by atoms with Gasteiger partial charge in [-0.05, 0) is 55.8 Å². The van der Waals surface area contributed by atoms with Crippen molar-refractivity contribution >= 4 is 38.2 Å². The fourth-order valence-corrected chi connectivity index (χ4v) is 4.87. The Balaban J connectivity index is 1.56. The van der Waals surface area contributed by atoms with Gasteiger partial charge in [-0.15, -0.1) is 0 Å². The third-order valence-electron chi connectivity index (χ3n) is 4.73. The topological polar surface area (TPSA) is 79.4 Å². The number of pyridine rings is 1. The van der Waals surface area contributed by atoms with E-state index in [1.165, 1.54) is 16.4 Å². The van der Waals surface area contributed by atoms with Crippen molar-refractivity contribution in [1.82, 2.24) is 4.98 Å². The van der Waals surface area contributed by atoms with Gasteiger partial charge in [-0.2, -0.15) is 0 Å². The molecule has 1 aliphatic rings. The summed E-state index contributed by atoms with van der Waals surface area (Å²) in [4.78, 5) is 17.0. The van der Waals surface area contributed by atoms with E-state index in [1.54, 1.807) is 43.3 Å². The minimum atomic E-state index is -3.24. The number of aryl methyl sites for hydroxylation is 1. The van der Waals surface area contributed by atoms with Crippen LogP contribution in [0.2, 0.25) is 0 Å². The van der Waals surface area contributed by atoms with Gasteiger partial charge in [-0.25, -0.2) is 12.8 Å². The maximum atomic E-state index is 13.3. The second-order valence-electron chi connectivity index (χ2n) is 6.70. The van der Waals surface area contributed by atoms with Crippen LogP contribution in [0.25, 0.3) is 10.9 Å². The average Bonchev–Trinajstić information content (AvgIpc) is 3.00. The summed E-state index contributed by atoms with van der Waals surface area (Å²) in [5, 5.41) is 3.47. The Bertz CT molecular complexity index is 1180. The van der Waals surface area contributed by atoms with Crippen LogP contribution in [-0.4, -0.2) is 31.6 Å². The highest BCUT2D eigenvalue weighted by Crippen LogP contribution is 2.26. The zero-order valence-electron chi connectivity index (χ0n) is 15.1. The molecule has 144 valence electrons. The van der Waals surface area contributed by atoms with E-state index in [4.69, 9.17) is 0 Å². The lowest BCUT2D eigenvalue weighted by molar-refractivity contribution is 0.102. The molecule has 8 heteroatoms. The summed E-state index contributed by atoms with van der Waals surface area (Å²) in [5.41, 5.74) is 2.51. The maximum absolute atomic E-state index is 13.3. The zero-order chi connectivity index (χ0) is 19.9. The Morgan fingerprint density at radius 2 is 1.89 bits per heavy atom. The number of sulfonamides is 1. The molecular weight excluding hydrogens is 381 g/mol. The van der Waals surface area contributed by atoms with Gasteiger partial charge in [0, 0.05) is 23.7 Å². The maximum Gasteiger partial charge on any atom is 0.257 e. The van der Waals surface area contributed by atoms with Gasteiger partial charge in [0.2, 0.25) is 10.0 Å². The number of carbonyl (C=O) groups excluding carboxylic acids is 1. The predicted molar refractivity (Wildman–Crippen MR) is 107 cm³/mol. The van der Waals surface area contributed by atoms with E-state index in [2.05, 4.69) is 10.3 Å². The summed E-state index contributed by atoms with van der Waals surface area (Å²) >= 11 is 0. The van der Waals surface area contributed by atoms with Crippen LogP contribution in [0.3, 0.4) is 0 Å². The van der Waals surface area contributed by atoms with Crippen molar-refractivity contribution < 1.29 is 17.6 Å². The predicted octanol–water partition coefficient (Wildman–Crippen LogP) is 3.47. The van der Waals surface area contributed by atoms with E-state index in [9.17, 15) is 17.6 Å². The molecular formula is C20H18FN3O3S. The molecule has 1 N–H and O–H groups in total. The van der Waals surface area contributed by atoms with Gasteiger partial charge in [0.05, 0.1) is 28.2 Å². The fraction of sp³-hybridized carbons (Fsp3) is 0.200. The highest BCUT2D eigenvalue weighted by Gasteiger charge is 2.28. The first-order chi connectivity index (χ1) is 13.3. The van der Waals surface area contributed by atoms with Crippen molar-refractivity contribution in [3.8, 4) is 0 Å². The lowest BCUT2D eigenvalue weighted by Gasteiger charge is -2.17. The van der Waals surface area contributed by atoms with Crippen molar-refractivity contribution in [3.63, 3.8) is 0 Å². The number of hydrogen-bond acceptors (Lipinski definition) is 4. The number of nitrogens with zero attached hydrogens (tertiary/aromatic N) is 2. The molecule has 0 saturated carbocycles. The van der Waals surface area contributed by atoms with Crippen LogP contribution in [0.1, 0.15) is 22.5 Å². The molecule has 0 spiro atoms. The molecule has 3 aromatic rings. The Morgan fingerprint density at radius 3 is 2.57 bits per heavy atom.